The predicted molar refractivity (Wildman–Crippen MR) is 362 cm³/mol. The van der Waals surface area contributed by atoms with Crippen LogP contribution < -0.4 is 36.1 Å². The van der Waals surface area contributed by atoms with Gasteiger partial charge in [0.25, 0.3) is 17.1 Å². The molecule has 3 aromatic carbocycles. The van der Waals surface area contributed by atoms with Gasteiger partial charge in [-0.1, -0.05) is 80.0 Å². The molecule has 0 bridgehead atoms. The lowest BCUT2D eigenvalue weighted by atomic mass is 9.86. The standard InChI is InChI=1S/C66H90N12O20S2/c1-34-29-77-56(57(34)87)62(92)68-28-44(82)26-46(69-58(88)40-13-11-39(12-14-40)47-31-78-66(70-47)99-63(74-78)41-15-9-37(10-16-41)38-19-22-75(23-20-38)43-6-4-3-5-7-43)59(89)71-53(35(2)81)64(93)76-30-45(83)27-48(76)60(90)72-54(51(86)24-36-8-17-49(84)52(25-36)98-100(95,96)97)61(91)73-55(65(77)94)50(85)18-21-67-42(32-79)33-80/h8-17,25,31,34-35,38,42-46,48,50-51,53-57,67,79-87,95-97H,3-7,18-24,26-30,32-33H2,1-2H3,(H,68,92)(H,69,88)(H,71,89)(H,72,90)(H,73,91)/t34-,35+,44+,45+,46-,48-,50+,51+,53-,54-,55-,56-,57-/m0/s1. The summed E-state index contributed by atoms with van der Waals surface area (Å²) in [5, 5.41) is 120. The van der Waals surface area contributed by atoms with Crippen molar-refractivity contribution in [1.82, 2.24) is 61.2 Å². The number of carbonyl (C=O) groups excluding carboxylic acids is 7. The number of β-amino-alcohol motifs (C(OH)–C–C–N with tert-alkyl or cyclic N) is 1. The molecular formula is C66H90N12O20S2. The number of nitrogens with one attached hydrogen (secondary N) is 6. The van der Waals surface area contributed by atoms with E-state index >= 15 is 0 Å². The second kappa shape index (κ2) is 33.1. The lowest BCUT2D eigenvalue weighted by molar-refractivity contribution is -0.147. The molecule has 4 aliphatic heterocycles. The Kier molecular flexibility index (Phi) is 24.9. The number of phenols is 1. The van der Waals surface area contributed by atoms with Crippen molar-refractivity contribution in [3.8, 4) is 33.3 Å². The molecule has 1 aliphatic carbocycles. The van der Waals surface area contributed by atoms with Gasteiger partial charge < -0.3 is 96.7 Å². The van der Waals surface area contributed by atoms with E-state index in [-0.39, 0.29) is 24.2 Å². The molecule has 0 spiro atoms. The lowest BCUT2D eigenvalue weighted by Gasteiger charge is -2.39. The molecule has 546 valence electrons. The number of nitrogens with zero attached hydrogens (tertiary/aromatic N) is 6. The SMILES string of the molecule is C[C@@H](O)[C@@H]1NC(=O)[C@@H](NC(=O)c2ccc(-c3cn4nc(-c5ccc(C6CCN(C7CCCCC7)CC6)cc5)sc4n3)cc2)C[C@@H](O)CNC(=O)[C@@H]2[C@@H](O)[C@@H](C)CN2C(=O)[C@H]([C@H](O)CCNC(CO)CO)NC(=O)[C@H]([C@H](O)Cc2ccc(O)c(OS(O)(O)O)c2)NC(=O)[C@@H]2C[C@@H](O)CN2C1=O. The van der Waals surface area contributed by atoms with Gasteiger partial charge in [-0.05, 0) is 100.0 Å². The minimum Gasteiger partial charge on any atom is -0.504 e. The molecule has 32 nitrogen and oxygen atoms in total. The van der Waals surface area contributed by atoms with Gasteiger partial charge in [-0.25, -0.2) is 9.50 Å². The normalized spacial score (nSPS) is 26.6. The van der Waals surface area contributed by atoms with Crippen molar-refractivity contribution < 1.29 is 97.4 Å². The molecule has 4 saturated heterocycles. The fourth-order valence-corrected chi connectivity index (χ4v) is 15.1. The Bertz CT molecular complexity index is 3640. The summed E-state index contributed by atoms with van der Waals surface area (Å²) in [5.41, 5.74) is 3.38. The third-order valence-corrected chi connectivity index (χ3v) is 20.8. The Balaban J connectivity index is 0.896. The van der Waals surface area contributed by atoms with Crippen molar-refractivity contribution in [1.29, 1.82) is 0 Å². The molecule has 0 unspecified atom stereocenters. The van der Waals surface area contributed by atoms with Crippen molar-refractivity contribution in [3.63, 3.8) is 0 Å². The van der Waals surface area contributed by atoms with Crippen LogP contribution in [0.1, 0.15) is 105 Å². The largest absolute Gasteiger partial charge is 0.504 e. The van der Waals surface area contributed by atoms with Crippen molar-refractivity contribution >= 4 is 68.8 Å². The van der Waals surface area contributed by atoms with Crippen LogP contribution in [0.5, 0.6) is 11.5 Å². The zero-order valence-corrected chi connectivity index (χ0v) is 56.9. The van der Waals surface area contributed by atoms with Crippen molar-refractivity contribution in [2.45, 2.75) is 175 Å². The van der Waals surface area contributed by atoms with Crippen LogP contribution in [-0.2, 0) is 35.2 Å². The van der Waals surface area contributed by atoms with Crippen LogP contribution in [0.25, 0.3) is 26.8 Å². The second-order valence-electron chi connectivity index (χ2n) is 26.7. The number of amides is 7. The van der Waals surface area contributed by atoms with Gasteiger partial charge in [-0.3, -0.25) is 47.2 Å². The van der Waals surface area contributed by atoms with Gasteiger partial charge in [-0.2, -0.15) is 5.10 Å². The summed E-state index contributed by atoms with van der Waals surface area (Å²) in [5.74, 6) is -9.95. The Morgan fingerprint density at radius 3 is 2.07 bits per heavy atom. The Hall–Kier alpha value is -7.52. The lowest BCUT2D eigenvalue weighted by Crippen LogP contribution is -2.64. The quantitative estimate of drug-likeness (QED) is 0.0478. The number of rotatable bonds is 19. The summed E-state index contributed by atoms with van der Waals surface area (Å²) < 4.78 is 35.1. The highest BCUT2D eigenvalue weighted by molar-refractivity contribution is 8.15. The van der Waals surface area contributed by atoms with Crippen LogP contribution in [0.15, 0.2) is 72.9 Å². The number of hydrogen-bond acceptors (Lipinski definition) is 25. The maximum absolute atomic E-state index is 15.0. The first-order chi connectivity index (χ1) is 47.7. The summed E-state index contributed by atoms with van der Waals surface area (Å²) in [6.07, 6.45) is -2.41. The van der Waals surface area contributed by atoms with E-state index in [0.717, 1.165) is 71.4 Å². The Labute approximate surface area is 581 Å². The van der Waals surface area contributed by atoms with Crippen LogP contribution in [0.2, 0.25) is 0 Å². The van der Waals surface area contributed by atoms with Gasteiger partial charge in [0.15, 0.2) is 11.5 Å². The zero-order valence-electron chi connectivity index (χ0n) is 55.2. The first-order valence-corrected chi connectivity index (χ1v) is 35.9. The molecule has 5 fully saturated rings. The molecule has 1 saturated carbocycles. The number of fused-ring (bicyclic) bond motifs is 3. The monoisotopic (exact) mass is 1430 g/mol. The first kappa shape index (κ1) is 75.2. The van der Waals surface area contributed by atoms with E-state index in [1.165, 1.54) is 74.1 Å². The average molecular weight is 1440 g/mol. The highest BCUT2D eigenvalue weighted by Gasteiger charge is 2.50. The van der Waals surface area contributed by atoms with Crippen LogP contribution in [0.4, 0.5) is 0 Å². The second-order valence-corrected chi connectivity index (χ2v) is 28.8. The molecule has 6 heterocycles. The molecule has 100 heavy (non-hydrogen) atoms. The van der Waals surface area contributed by atoms with Gasteiger partial charge >= 0.3 is 0 Å². The number of aliphatic hydroxyl groups is 8. The van der Waals surface area contributed by atoms with E-state index < -0.39 is 201 Å². The van der Waals surface area contributed by atoms with Crippen molar-refractivity contribution in [2.24, 2.45) is 5.92 Å². The molecule has 13 atom stereocenters. The zero-order chi connectivity index (χ0) is 71.9. The van der Waals surface area contributed by atoms with E-state index in [1.807, 2.05) is 0 Å². The minimum atomic E-state index is -4.74. The summed E-state index contributed by atoms with van der Waals surface area (Å²) >= 11 is -3.33. The third kappa shape index (κ3) is 18.2. The van der Waals surface area contributed by atoms with E-state index in [4.69, 9.17) is 10.1 Å². The topological polar surface area (TPSA) is 484 Å². The maximum atomic E-state index is 15.0. The molecule has 10 rings (SSSR count). The minimum absolute atomic E-state index is 0.0120. The van der Waals surface area contributed by atoms with Gasteiger partial charge in [0, 0.05) is 67.5 Å². The first-order valence-electron chi connectivity index (χ1n) is 33.6. The van der Waals surface area contributed by atoms with Crippen LogP contribution in [0, 0.1) is 5.92 Å². The van der Waals surface area contributed by atoms with Crippen LogP contribution >= 0.6 is 22.5 Å². The van der Waals surface area contributed by atoms with E-state index in [2.05, 4.69) is 65.2 Å². The molecule has 7 amide bonds. The Morgan fingerprint density at radius 2 is 1.41 bits per heavy atom. The van der Waals surface area contributed by atoms with Gasteiger partial charge in [0.2, 0.25) is 40.4 Å². The molecule has 2 aromatic heterocycles. The molecule has 18 N–H and O–H groups in total. The smallest absolute Gasteiger partial charge is 0.266 e. The summed E-state index contributed by atoms with van der Waals surface area (Å²) in [6, 6.07) is 5.98. The number of carbonyl (C=O) groups is 7. The molecular weight excluding hydrogens is 1340 g/mol. The number of likely N-dealkylation sites (tertiary alicyclic amines) is 1. The number of piperidine rings is 1. The van der Waals surface area contributed by atoms with Crippen molar-refractivity contribution in [2.75, 3.05) is 52.5 Å². The van der Waals surface area contributed by atoms with Gasteiger partial charge in [0.05, 0.1) is 67.8 Å². The maximum Gasteiger partial charge on any atom is 0.266 e. The number of aromatic nitrogens is 3. The fraction of sp³-hybridized carbons (Fsp3) is 0.561. The van der Waals surface area contributed by atoms with Gasteiger partial charge in [-0.15, -0.1) is 0 Å². The number of aromatic hydroxyl groups is 1. The van der Waals surface area contributed by atoms with Crippen molar-refractivity contribution in [3.05, 3.63) is 89.6 Å². The molecule has 0 radical (unpaired) electrons. The highest BCUT2D eigenvalue weighted by Crippen LogP contribution is 2.41. The molecule has 5 aliphatic rings. The average Bonchev–Trinajstić information content (AvgIpc) is 1.58. The fourth-order valence-electron chi connectivity index (χ4n) is 13.9. The molecule has 5 aromatic rings. The van der Waals surface area contributed by atoms with E-state index in [1.54, 1.807) is 22.8 Å². The van der Waals surface area contributed by atoms with E-state index in [0.29, 0.717) is 22.1 Å². The van der Waals surface area contributed by atoms with Gasteiger partial charge in [0.1, 0.15) is 41.3 Å². The summed E-state index contributed by atoms with van der Waals surface area (Å²) in [7, 11) is 0. The summed E-state index contributed by atoms with van der Waals surface area (Å²) in [6.45, 7) is 1.80. The number of imidazole rings is 1. The van der Waals surface area contributed by atoms with E-state index in [9.17, 15) is 93.2 Å². The number of aliphatic hydroxyl groups excluding tert-OH is 8. The highest BCUT2D eigenvalue weighted by atomic mass is 32.3. The molecule has 34 heteroatoms. The predicted octanol–water partition coefficient (Wildman–Crippen LogP) is -0.859. The summed E-state index contributed by atoms with van der Waals surface area (Å²) in [4.78, 5) is 112. The third-order valence-electron chi connectivity index (χ3n) is 19.5. The Morgan fingerprint density at radius 1 is 0.750 bits per heavy atom. The number of hydrogen-bond donors (Lipinski definition) is 18. The number of phenolic OH excluding ortho intramolecular Hbond substituents is 1. The number of benzene rings is 3. The van der Waals surface area contributed by atoms with Crippen LogP contribution in [0.3, 0.4) is 0 Å². The van der Waals surface area contributed by atoms with Crippen LogP contribution in [-0.4, -0.2) is 268 Å².